The Labute approximate surface area is 174 Å². The number of ether oxygens (including phenoxy) is 3. The third-order valence-corrected chi connectivity index (χ3v) is 59.9. The first-order valence-corrected chi connectivity index (χ1v) is 18.1. The molecule has 164 valence electrons. The predicted octanol–water partition coefficient (Wildman–Crippen LogP) is 5.97. The van der Waals surface area contributed by atoms with E-state index in [0.29, 0.717) is 23.7 Å². The van der Waals surface area contributed by atoms with Crippen LogP contribution in [0.25, 0.3) is 0 Å². The van der Waals surface area contributed by atoms with E-state index in [1.54, 1.807) is 48.5 Å². The summed E-state index contributed by atoms with van der Waals surface area (Å²) in [5.74, 6) is 1.50. The Kier molecular flexibility index (Phi) is 0.910. The van der Waals surface area contributed by atoms with E-state index in [0.717, 1.165) is 49.1 Å². The fourth-order valence-corrected chi connectivity index (χ4v) is 92.1. The zero-order chi connectivity index (χ0) is 21.0. The van der Waals surface area contributed by atoms with Crippen molar-refractivity contribution in [3.63, 3.8) is 0 Å². The summed E-state index contributed by atoms with van der Waals surface area (Å²) in [5, 5.41) is 0. The Morgan fingerprint density at radius 3 is 1.69 bits per heavy atom. The van der Waals surface area contributed by atoms with Gasteiger partial charge in [0.25, 0.3) is 0 Å². The Hall–Kier alpha value is -2.30. The van der Waals surface area contributed by atoms with Crippen molar-refractivity contribution in [1.82, 2.24) is 0 Å². The van der Waals surface area contributed by atoms with E-state index in [-0.39, 0.29) is 10.3 Å². The van der Waals surface area contributed by atoms with E-state index in [1.165, 1.54) is 0 Å². The number of fused-ring (bicyclic) bond motifs is 10. The van der Waals surface area contributed by atoms with Crippen LogP contribution in [0.3, 0.4) is 0 Å². The summed E-state index contributed by atoms with van der Waals surface area (Å²) in [6.07, 6.45) is 0. The number of carbonyl (C=O) groups is 2. The number of benzene rings is 2. The molecule has 4 unspecified atom stereocenters. The number of carbonyl (C=O) groups excluding carboxylic acids is 2. The van der Waals surface area contributed by atoms with E-state index in [9.17, 15) is 9.59 Å². The second kappa shape index (κ2) is 1.97. The molecular formula is C26H22FeO5. The van der Waals surface area contributed by atoms with Crippen LogP contribution in [0.2, 0.25) is 47.7 Å². The summed E-state index contributed by atoms with van der Waals surface area (Å²) in [5.41, 5.74) is 0.464. The van der Waals surface area contributed by atoms with Gasteiger partial charge in [-0.05, 0) is 6.92 Å². The van der Waals surface area contributed by atoms with Crippen molar-refractivity contribution in [3.05, 3.63) is 54.1 Å². The van der Waals surface area contributed by atoms with Crippen LogP contribution < -0.4 is 14.2 Å². The molecule has 0 amide bonds. The van der Waals surface area contributed by atoms with Gasteiger partial charge >= 0.3 is 151 Å². The molecule has 2 aromatic rings. The average Bonchev–Trinajstić information content (AvgIpc) is 3.74. The van der Waals surface area contributed by atoms with Gasteiger partial charge < -0.3 is 4.74 Å². The summed E-state index contributed by atoms with van der Waals surface area (Å²) in [4.78, 5) is 35.6. The van der Waals surface area contributed by atoms with E-state index in [4.69, 9.17) is 14.2 Å². The topological polar surface area (TPSA) is 61.8 Å². The van der Waals surface area contributed by atoms with Gasteiger partial charge in [-0.1, -0.05) is 0 Å². The summed E-state index contributed by atoms with van der Waals surface area (Å²) >= 11 is 0. The Morgan fingerprint density at radius 2 is 1.25 bits per heavy atom. The normalized spacial score (nSPS) is 68.1. The third kappa shape index (κ3) is 0.312. The van der Waals surface area contributed by atoms with Gasteiger partial charge in [-0.2, -0.15) is 0 Å². The Bertz CT molecular complexity index is 1670. The van der Waals surface area contributed by atoms with E-state index >= 15 is 0 Å². The van der Waals surface area contributed by atoms with Gasteiger partial charge in [0.2, 0.25) is 0 Å². The maximum absolute atomic E-state index is 13.6. The summed E-state index contributed by atoms with van der Waals surface area (Å²) in [7, 11) is 0. The van der Waals surface area contributed by atoms with Crippen LogP contribution >= 0.6 is 0 Å². The minimum atomic E-state index is -3.47. The van der Waals surface area contributed by atoms with Crippen molar-refractivity contribution in [1.29, 1.82) is 0 Å². The van der Waals surface area contributed by atoms with Gasteiger partial charge in [-0.3, -0.25) is 0 Å². The molecule has 2 aromatic carbocycles. The molecule has 0 aliphatic carbocycles. The molecule has 0 N–H and O–H groups in total. The van der Waals surface area contributed by atoms with Crippen molar-refractivity contribution < 1.29 is 30.3 Å². The molecule has 0 saturated carbocycles. The second-order valence-corrected chi connectivity index (χ2v) is 37.4. The van der Waals surface area contributed by atoms with E-state index < -0.39 is 12.5 Å². The molecule has 10 heterocycles. The molecule has 0 radical (unpaired) electrons. The molecule has 0 aromatic heterocycles. The van der Waals surface area contributed by atoms with Gasteiger partial charge in [0.1, 0.15) is 5.75 Å². The molecule has 12 rings (SSSR count). The second-order valence-electron chi connectivity index (χ2n) is 13.9. The summed E-state index contributed by atoms with van der Waals surface area (Å²) < 4.78 is 17.1. The fraction of sp³-hybridized carbons (Fsp3) is 0.462. The van der Waals surface area contributed by atoms with E-state index in [2.05, 4.69) is 0 Å². The van der Waals surface area contributed by atoms with Crippen LogP contribution in [0.4, 0.5) is 0 Å². The average molecular weight is 470 g/mol. The first kappa shape index (κ1) is 14.8. The van der Waals surface area contributed by atoms with E-state index in [1.807, 2.05) is 6.92 Å². The summed E-state index contributed by atoms with van der Waals surface area (Å²) in [6, 6.07) is 13.9. The molecule has 5 nitrogen and oxygen atoms in total. The van der Waals surface area contributed by atoms with Gasteiger partial charge in [0.05, 0.1) is 6.61 Å². The SMILES string of the molecule is CCOc1ccc(C(=O)Oc2ccc(OC(=O)[C]34[CH]5[CH]6[CH]7[CH]3[Fe]6754389%10[CH]4[CH]3[CH]8[CH]9[CH]4%10)cc2)cc1. The van der Waals surface area contributed by atoms with Crippen molar-refractivity contribution in [2.24, 2.45) is 0 Å². The quantitative estimate of drug-likeness (QED) is 0.296. The monoisotopic (exact) mass is 470 g/mol. The van der Waals surface area contributed by atoms with Crippen LogP contribution in [-0.2, 0) is 11.3 Å². The van der Waals surface area contributed by atoms with Gasteiger partial charge in [-0.25, -0.2) is 0 Å². The van der Waals surface area contributed by atoms with Crippen molar-refractivity contribution in [3.8, 4) is 17.2 Å². The molecule has 10 saturated heterocycles. The standard InChI is InChI=1S/C21H17O5.C5H5.Fe/c1-2-24-17-9-7-16(8-10-17)21(23)26-19-13-11-18(12-14-19)25-20(22)15-5-3-4-6-15;1-2-4-5-3-1;/h3-14H,2H2,1H3;1-5H;. The molecule has 10 aliphatic rings. The number of rotatable bonds is 6. The number of hydrogen-bond donors (Lipinski definition) is 0. The van der Waals surface area contributed by atoms with Crippen LogP contribution in [0.5, 0.6) is 17.2 Å². The maximum atomic E-state index is 13.6. The van der Waals surface area contributed by atoms with Crippen LogP contribution in [0, 0.1) is 0 Å². The van der Waals surface area contributed by atoms with Crippen LogP contribution in [0.15, 0.2) is 48.5 Å². The predicted molar refractivity (Wildman–Crippen MR) is 111 cm³/mol. The fourth-order valence-electron chi connectivity index (χ4n) is 18.5. The molecule has 0 bridgehead atoms. The zero-order valence-corrected chi connectivity index (χ0v) is 18.5. The van der Waals surface area contributed by atoms with Crippen molar-refractivity contribution in [2.75, 3.05) is 6.61 Å². The molecule has 32 heavy (non-hydrogen) atoms. The molecule has 1 spiro atoms. The zero-order valence-electron chi connectivity index (χ0n) is 17.4. The Balaban J connectivity index is 0.823. The first-order valence-electron chi connectivity index (χ1n) is 11.8. The van der Waals surface area contributed by atoms with Gasteiger partial charge in [0.15, 0.2) is 0 Å². The number of esters is 2. The molecule has 4 atom stereocenters. The van der Waals surface area contributed by atoms with Crippen LogP contribution in [-0.4, -0.2) is 18.5 Å². The first-order chi connectivity index (χ1) is 15.3. The molecule has 10 aliphatic heterocycles. The molecule has 6 heteroatoms. The minimum absolute atomic E-state index is 0.109. The van der Waals surface area contributed by atoms with Crippen molar-refractivity contribution >= 4 is 11.9 Å². The molecule has 10 fully saturated rings. The van der Waals surface area contributed by atoms with Gasteiger partial charge in [-0.15, -0.1) is 0 Å². The number of hydrogen-bond acceptors (Lipinski definition) is 5. The summed E-state index contributed by atoms with van der Waals surface area (Å²) in [6.45, 7) is -0.969. The van der Waals surface area contributed by atoms with Crippen molar-refractivity contribution in [2.45, 2.75) is 54.6 Å². The van der Waals surface area contributed by atoms with Gasteiger partial charge in [0, 0.05) is 0 Å². The Morgan fingerprint density at radius 1 is 0.750 bits per heavy atom. The molecular weight excluding hydrogens is 448 g/mol. The third-order valence-electron chi connectivity index (χ3n) is 17.6. The van der Waals surface area contributed by atoms with Crippen LogP contribution in [0.1, 0.15) is 17.3 Å².